The summed E-state index contributed by atoms with van der Waals surface area (Å²) in [5.41, 5.74) is 6.68. The Labute approximate surface area is 229 Å². The molecule has 0 fully saturated rings. The molecule has 39 heavy (non-hydrogen) atoms. The summed E-state index contributed by atoms with van der Waals surface area (Å²) < 4.78 is 11.7. The van der Waals surface area contributed by atoms with Crippen LogP contribution in [0.3, 0.4) is 0 Å². The summed E-state index contributed by atoms with van der Waals surface area (Å²) >= 11 is 0. The van der Waals surface area contributed by atoms with Crippen LogP contribution in [-0.4, -0.2) is 16.1 Å². The molecule has 0 atom stereocenters. The van der Waals surface area contributed by atoms with E-state index in [1.54, 1.807) is 13.8 Å². The Morgan fingerprint density at radius 2 is 1.64 bits per heavy atom. The number of nitrogens with one attached hydrogen (secondary N) is 1. The number of aliphatic carboxylic acids is 1. The van der Waals surface area contributed by atoms with Gasteiger partial charge in [-0.3, -0.25) is 15.1 Å². The number of aryl methyl sites for hydroxylation is 1. The van der Waals surface area contributed by atoms with Gasteiger partial charge < -0.3 is 14.3 Å². The van der Waals surface area contributed by atoms with Crippen LogP contribution in [0.25, 0.3) is 17.2 Å². The molecule has 0 radical (unpaired) electrons. The molecular formula is C32H34N2O5. The number of hydrogen-bond acceptors (Lipinski definition) is 6. The first-order chi connectivity index (χ1) is 18.8. The number of allylic oxidation sites excluding steroid dienone is 1. The molecule has 7 heteroatoms. The third-order valence-corrected chi connectivity index (χ3v) is 6.41. The molecule has 0 unspecified atom stereocenters. The summed E-state index contributed by atoms with van der Waals surface area (Å²) in [6.45, 7) is 6.00. The number of rotatable bonds is 13. The number of oxazole rings is 1. The molecule has 3 aromatic carbocycles. The summed E-state index contributed by atoms with van der Waals surface area (Å²) in [7, 11) is 0. The summed E-state index contributed by atoms with van der Waals surface area (Å²) in [6.07, 6.45) is 3.10. The maximum absolute atomic E-state index is 11.4. The first-order valence-corrected chi connectivity index (χ1v) is 12.9. The molecule has 4 rings (SSSR count). The number of ether oxygens (including phenoxy) is 1. The zero-order valence-electron chi connectivity index (χ0n) is 22.5. The third kappa shape index (κ3) is 7.82. The lowest BCUT2D eigenvalue weighted by Crippen LogP contribution is -2.23. The van der Waals surface area contributed by atoms with Gasteiger partial charge in [-0.2, -0.15) is 0 Å². The van der Waals surface area contributed by atoms with E-state index < -0.39 is 11.4 Å². The standard InChI is InChI=1S/C32H34N2O5/c1-23-29(33-30(39-23)26-13-8-5-9-14-26)22-37-27-18-16-24(17-19-27)21-38-34-28(25-11-6-4-7-12-25)15-10-20-32(2,3)31(35)36/h4-9,11-19,34H,10,20-22H2,1-3H3,(H,35,36). The highest BCUT2D eigenvalue weighted by molar-refractivity contribution is 5.73. The van der Waals surface area contributed by atoms with Gasteiger partial charge in [0.15, 0.2) is 0 Å². The lowest BCUT2D eigenvalue weighted by Gasteiger charge is -2.18. The van der Waals surface area contributed by atoms with Crippen molar-refractivity contribution in [2.75, 3.05) is 0 Å². The summed E-state index contributed by atoms with van der Waals surface area (Å²) in [5.74, 6) is 1.24. The van der Waals surface area contributed by atoms with Gasteiger partial charge in [0.05, 0.1) is 17.7 Å². The molecule has 0 saturated carbocycles. The van der Waals surface area contributed by atoms with Crippen molar-refractivity contribution >= 4 is 11.7 Å². The van der Waals surface area contributed by atoms with Crippen LogP contribution in [0.15, 0.2) is 95.4 Å². The quantitative estimate of drug-likeness (QED) is 0.178. The van der Waals surface area contributed by atoms with E-state index in [0.717, 1.165) is 39.6 Å². The number of aromatic nitrogens is 1. The number of hydroxylamine groups is 1. The number of hydrogen-bond donors (Lipinski definition) is 2. The summed E-state index contributed by atoms with van der Waals surface area (Å²) in [5, 5.41) is 9.38. The topological polar surface area (TPSA) is 93.8 Å². The SMILES string of the molecule is Cc1oc(-c2ccccc2)nc1COc1ccc(CONC(=CCCC(C)(C)C(=O)O)c2ccccc2)cc1. The summed E-state index contributed by atoms with van der Waals surface area (Å²) in [6, 6.07) is 27.3. The monoisotopic (exact) mass is 526 g/mol. The number of nitrogens with zero attached hydrogens (tertiary/aromatic N) is 1. The second-order valence-corrected chi connectivity index (χ2v) is 9.92. The van der Waals surface area contributed by atoms with Crippen LogP contribution >= 0.6 is 0 Å². The number of carbonyl (C=O) groups is 1. The van der Waals surface area contributed by atoms with E-state index in [9.17, 15) is 9.90 Å². The lowest BCUT2D eigenvalue weighted by atomic mass is 9.88. The van der Waals surface area contributed by atoms with Crippen molar-refractivity contribution in [1.29, 1.82) is 0 Å². The van der Waals surface area contributed by atoms with Crippen molar-refractivity contribution in [1.82, 2.24) is 10.5 Å². The number of benzene rings is 3. The highest BCUT2D eigenvalue weighted by atomic mass is 16.6. The predicted molar refractivity (Wildman–Crippen MR) is 150 cm³/mol. The molecule has 1 heterocycles. The molecule has 0 aliphatic rings. The van der Waals surface area contributed by atoms with Crippen LogP contribution in [0.5, 0.6) is 5.75 Å². The van der Waals surface area contributed by atoms with Crippen molar-refractivity contribution in [3.05, 3.63) is 114 Å². The van der Waals surface area contributed by atoms with Gasteiger partial charge >= 0.3 is 5.97 Å². The van der Waals surface area contributed by atoms with Gasteiger partial charge in [-0.05, 0) is 69.0 Å². The fourth-order valence-electron chi connectivity index (χ4n) is 3.82. The van der Waals surface area contributed by atoms with Gasteiger partial charge in [0.2, 0.25) is 5.89 Å². The van der Waals surface area contributed by atoms with Gasteiger partial charge in [-0.15, -0.1) is 0 Å². The van der Waals surface area contributed by atoms with Crippen molar-refractivity contribution in [2.24, 2.45) is 5.41 Å². The van der Waals surface area contributed by atoms with Crippen LogP contribution in [0.2, 0.25) is 0 Å². The molecule has 4 aromatic rings. The first-order valence-electron chi connectivity index (χ1n) is 12.9. The van der Waals surface area contributed by atoms with Crippen LogP contribution in [0.4, 0.5) is 0 Å². The summed E-state index contributed by atoms with van der Waals surface area (Å²) in [4.78, 5) is 21.8. The van der Waals surface area contributed by atoms with Gasteiger partial charge in [-0.25, -0.2) is 4.98 Å². The molecular weight excluding hydrogens is 492 g/mol. The largest absolute Gasteiger partial charge is 0.487 e. The fourth-order valence-corrected chi connectivity index (χ4v) is 3.82. The Morgan fingerprint density at radius 1 is 0.974 bits per heavy atom. The van der Waals surface area contributed by atoms with Crippen LogP contribution in [0.1, 0.15) is 49.3 Å². The third-order valence-electron chi connectivity index (χ3n) is 6.41. The van der Waals surface area contributed by atoms with Gasteiger partial charge in [-0.1, -0.05) is 66.7 Å². The van der Waals surface area contributed by atoms with Gasteiger partial charge in [0.1, 0.15) is 23.8 Å². The van der Waals surface area contributed by atoms with Crippen molar-refractivity contribution in [3.8, 4) is 17.2 Å². The molecule has 7 nitrogen and oxygen atoms in total. The second kappa shape index (κ2) is 12.9. The smallest absolute Gasteiger partial charge is 0.309 e. The average Bonchev–Trinajstić information content (AvgIpc) is 3.33. The van der Waals surface area contributed by atoms with E-state index in [-0.39, 0.29) is 0 Å². The van der Waals surface area contributed by atoms with Crippen LogP contribution < -0.4 is 10.2 Å². The minimum absolute atomic E-state index is 0.309. The van der Waals surface area contributed by atoms with E-state index in [1.165, 1.54) is 0 Å². The van der Waals surface area contributed by atoms with E-state index in [4.69, 9.17) is 14.0 Å². The molecule has 0 spiro atoms. The Hall–Kier alpha value is -4.36. The Morgan fingerprint density at radius 3 is 2.31 bits per heavy atom. The zero-order valence-corrected chi connectivity index (χ0v) is 22.5. The number of carboxylic acids is 1. The Balaban J connectivity index is 1.30. The molecule has 1 aromatic heterocycles. The molecule has 0 bridgehead atoms. The van der Waals surface area contributed by atoms with E-state index >= 15 is 0 Å². The van der Waals surface area contributed by atoms with Crippen molar-refractivity contribution in [2.45, 2.75) is 46.8 Å². The maximum Gasteiger partial charge on any atom is 0.309 e. The normalized spacial score (nSPS) is 11.8. The molecule has 0 amide bonds. The highest BCUT2D eigenvalue weighted by Gasteiger charge is 2.25. The molecule has 0 saturated heterocycles. The predicted octanol–water partition coefficient (Wildman–Crippen LogP) is 7.18. The van der Waals surface area contributed by atoms with Crippen molar-refractivity contribution in [3.63, 3.8) is 0 Å². The maximum atomic E-state index is 11.4. The Kier molecular flexibility index (Phi) is 9.18. The second-order valence-electron chi connectivity index (χ2n) is 9.92. The molecule has 2 N–H and O–H groups in total. The average molecular weight is 527 g/mol. The van der Waals surface area contributed by atoms with Crippen molar-refractivity contribution < 1.29 is 23.9 Å². The van der Waals surface area contributed by atoms with Crippen LogP contribution in [-0.2, 0) is 22.8 Å². The number of carboxylic acid groups (broad SMARTS) is 1. The lowest BCUT2D eigenvalue weighted by molar-refractivity contribution is -0.147. The molecule has 0 aliphatic carbocycles. The first kappa shape index (κ1) is 27.7. The highest BCUT2D eigenvalue weighted by Crippen LogP contribution is 2.25. The minimum Gasteiger partial charge on any atom is -0.487 e. The molecule has 202 valence electrons. The zero-order chi connectivity index (χ0) is 27.7. The van der Waals surface area contributed by atoms with E-state index in [0.29, 0.717) is 31.9 Å². The van der Waals surface area contributed by atoms with Gasteiger partial charge in [0, 0.05) is 5.56 Å². The van der Waals surface area contributed by atoms with Crippen LogP contribution in [0, 0.1) is 12.3 Å². The Bertz CT molecular complexity index is 1380. The van der Waals surface area contributed by atoms with E-state index in [1.807, 2.05) is 97.9 Å². The molecule has 0 aliphatic heterocycles. The fraction of sp³-hybridized carbons (Fsp3) is 0.250. The minimum atomic E-state index is -0.804. The van der Waals surface area contributed by atoms with E-state index in [2.05, 4.69) is 10.5 Å². The van der Waals surface area contributed by atoms with Gasteiger partial charge in [0.25, 0.3) is 0 Å².